The summed E-state index contributed by atoms with van der Waals surface area (Å²) in [6.07, 6.45) is 45.9. The fraction of sp³-hybridized carbons (Fsp3) is 0.372. The second kappa shape index (κ2) is 12.1. The van der Waals surface area contributed by atoms with Crippen LogP contribution in [0.1, 0.15) is 67.8 Å². The lowest BCUT2D eigenvalue weighted by Gasteiger charge is -2.38. The molecule has 1 aromatic rings. The Morgan fingerprint density at radius 2 is 1.65 bits per heavy atom. The molecule has 1 saturated heterocycles. The summed E-state index contributed by atoms with van der Waals surface area (Å²) >= 11 is 6.67. The monoisotopic (exact) mass is 665 g/mol. The molecule has 246 valence electrons. The van der Waals surface area contributed by atoms with Crippen LogP contribution in [0.3, 0.4) is 0 Å². The summed E-state index contributed by atoms with van der Waals surface area (Å²) in [6, 6.07) is 0. The Hall–Kier alpha value is -4.06. The summed E-state index contributed by atoms with van der Waals surface area (Å²) in [6.45, 7) is 0. The van der Waals surface area contributed by atoms with E-state index in [-0.39, 0.29) is 53.3 Å². The molecule has 1 fully saturated rings. The van der Waals surface area contributed by atoms with Crippen molar-refractivity contribution in [3.8, 4) is 0 Å². The smallest absolute Gasteiger partial charge is 0.161 e. The van der Waals surface area contributed by atoms with Crippen LogP contribution in [0.15, 0.2) is 137 Å². The van der Waals surface area contributed by atoms with Gasteiger partial charge in [-0.3, -0.25) is 0 Å². The standard InChI is InChI=1S/C43H40ClN3O2/c44-26-20-23-37-35(24-26)39-31(15-9-19-38(39)48-37)29-21-22-33(28-13-5-4-12-27(28)29)42-45-41(25-10-2-1-3-11-25)46-43(47-42)34-17-8-16-32-30-14-6-7-18-36(30)49-40(32)34/h1-8,10,12-18,20,23,25-26,28,30,32-33,36,38-40H,9,11,19,21-22,24H2. The van der Waals surface area contributed by atoms with Crippen LogP contribution in [0.5, 0.6) is 0 Å². The zero-order chi connectivity index (χ0) is 32.5. The Balaban J connectivity index is 1.04. The van der Waals surface area contributed by atoms with Crippen molar-refractivity contribution < 1.29 is 9.47 Å². The zero-order valence-corrected chi connectivity index (χ0v) is 28.2. The van der Waals surface area contributed by atoms with Crippen molar-refractivity contribution in [2.24, 2.45) is 23.7 Å². The van der Waals surface area contributed by atoms with E-state index < -0.39 is 0 Å². The van der Waals surface area contributed by atoms with Crippen LogP contribution < -0.4 is 0 Å². The molecule has 0 radical (unpaired) electrons. The van der Waals surface area contributed by atoms with Crippen LogP contribution in [0.4, 0.5) is 0 Å². The second-order valence-electron chi connectivity index (χ2n) is 14.7. The minimum atomic E-state index is -0.0792. The quantitative estimate of drug-likeness (QED) is 0.301. The van der Waals surface area contributed by atoms with E-state index in [1.54, 1.807) is 0 Å². The largest absolute Gasteiger partial charge is 0.489 e. The van der Waals surface area contributed by atoms with E-state index in [0.717, 1.165) is 67.3 Å². The summed E-state index contributed by atoms with van der Waals surface area (Å²) < 4.78 is 13.3. The van der Waals surface area contributed by atoms with E-state index in [9.17, 15) is 0 Å². The average Bonchev–Trinajstić information content (AvgIpc) is 3.73. The predicted octanol–water partition coefficient (Wildman–Crippen LogP) is 9.02. The second-order valence-corrected chi connectivity index (χ2v) is 15.2. The number of rotatable bonds is 4. The number of ether oxygens (including phenoxy) is 2. The summed E-state index contributed by atoms with van der Waals surface area (Å²) in [5.74, 6) is 4.93. The van der Waals surface area contributed by atoms with Gasteiger partial charge in [0.1, 0.15) is 23.5 Å². The number of alkyl halides is 1. The maximum absolute atomic E-state index is 6.71. The normalized spacial score (nSPS) is 37.7. The molecule has 0 spiro atoms. The highest BCUT2D eigenvalue weighted by molar-refractivity contribution is 6.22. The van der Waals surface area contributed by atoms with Gasteiger partial charge in [0, 0.05) is 41.1 Å². The van der Waals surface area contributed by atoms with Crippen molar-refractivity contribution in [3.05, 3.63) is 155 Å². The summed E-state index contributed by atoms with van der Waals surface area (Å²) in [5.41, 5.74) is 6.80. The van der Waals surface area contributed by atoms with Crippen molar-refractivity contribution in [2.45, 2.75) is 74.0 Å². The summed E-state index contributed by atoms with van der Waals surface area (Å²) in [5, 5.41) is 0.0290. The van der Waals surface area contributed by atoms with Crippen molar-refractivity contribution in [3.63, 3.8) is 0 Å². The van der Waals surface area contributed by atoms with E-state index in [1.165, 1.54) is 22.3 Å². The molecule has 3 heterocycles. The van der Waals surface area contributed by atoms with Crippen molar-refractivity contribution in [1.82, 2.24) is 15.0 Å². The molecule has 49 heavy (non-hydrogen) atoms. The van der Waals surface area contributed by atoms with E-state index in [4.69, 9.17) is 36.0 Å². The number of hydrogen-bond donors (Lipinski definition) is 0. The molecular formula is C43H40ClN3O2. The first kappa shape index (κ1) is 29.8. The zero-order valence-electron chi connectivity index (χ0n) is 27.4. The lowest BCUT2D eigenvalue weighted by molar-refractivity contribution is 0.0937. The molecule has 2 aliphatic heterocycles. The average molecular weight is 666 g/mol. The minimum Gasteiger partial charge on any atom is -0.489 e. The Morgan fingerprint density at radius 3 is 2.59 bits per heavy atom. The van der Waals surface area contributed by atoms with Gasteiger partial charge in [0.2, 0.25) is 0 Å². The highest BCUT2D eigenvalue weighted by Crippen LogP contribution is 2.53. The van der Waals surface area contributed by atoms with E-state index in [1.807, 2.05) is 0 Å². The molecule has 10 rings (SSSR count). The third kappa shape index (κ3) is 5.03. The number of aromatic nitrogens is 3. The van der Waals surface area contributed by atoms with Gasteiger partial charge in [0.05, 0.1) is 17.6 Å². The van der Waals surface area contributed by atoms with Crippen LogP contribution in [0, 0.1) is 23.7 Å². The highest BCUT2D eigenvalue weighted by atomic mass is 35.5. The molecule has 5 nitrogen and oxygen atoms in total. The van der Waals surface area contributed by atoms with Gasteiger partial charge in [-0.15, -0.1) is 11.6 Å². The van der Waals surface area contributed by atoms with Gasteiger partial charge >= 0.3 is 0 Å². The third-order valence-electron chi connectivity index (χ3n) is 12.0. The molecule has 0 aromatic carbocycles. The molecule has 7 aliphatic carbocycles. The van der Waals surface area contributed by atoms with Gasteiger partial charge in [0.25, 0.3) is 0 Å². The van der Waals surface area contributed by atoms with Crippen LogP contribution in [-0.4, -0.2) is 38.6 Å². The SMILES string of the molecule is ClC1C=CC2=C(C1)C1C(C3=C4C=CC=CC4C(c4nc(C5=CC=CC6C5OC5C=CC=CC56)nc(C5C=CC=CC5)n4)CC3)=CCCC1O2. The number of halogens is 1. The summed E-state index contributed by atoms with van der Waals surface area (Å²) in [7, 11) is 0. The number of allylic oxidation sites excluding steroid dienone is 17. The Bertz CT molecular complexity index is 1970. The molecule has 9 aliphatic rings. The van der Waals surface area contributed by atoms with Crippen molar-refractivity contribution in [1.29, 1.82) is 0 Å². The first-order valence-electron chi connectivity index (χ1n) is 18.2. The molecule has 1 aromatic heterocycles. The van der Waals surface area contributed by atoms with E-state index in [2.05, 4.69) is 109 Å². The third-order valence-corrected chi connectivity index (χ3v) is 12.3. The number of nitrogens with zero attached hydrogens (tertiary/aromatic N) is 3. The summed E-state index contributed by atoms with van der Waals surface area (Å²) in [4.78, 5) is 15.9. The van der Waals surface area contributed by atoms with E-state index >= 15 is 0 Å². The first-order valence-corrected chi connectivity index (χ1v) is 18.6. The van der Waals surface area contributed by atoms with Crippen LogP contribution in [0.2, 0.25) is 0 Å². The van der Waals surface area contributed by atoms with Gasteiger partial charge in [-0.05, 0) is 66.9 Å². The molecule has 0 saturated carbocycles. The van der Waals surface area contributed by atoms with Crippen LogP contribution in [-0.2, 0) is 9.47 Å². The molecule has 0 amide bonds. The van der Waals surface area contributed by atoms with Gasteiger partial charge < -0.3 is 9.47 Å². The minimum absolute atomic E-state index is 0.0290. The van der Waals surface area contributed by atoms with Crippen molar-refractivity contribution in [2.75, 3.05) is 0 Å². The van der Waals surface area contributed by atoms with Crippen LogP contribution >= 0.6 is 11.6 Å². The van der Waals surface area contributed by atoms with Crippen molar-refractivity contribution >= 4 is 17.2 Å². The number of fused-ring (bicyclic) bond motifs is 6. The molecular weight excluding hydrogens is 626 g/mol. The first-order chi connectivity index (χ1) is 24.2. The Kier molecular flexibility index (Phi) is 7.34. The Labute approximate surface area is 293 Å². The fourth-order valence-electron chi connectivity index (χ4n) is 9.70. The maximum atomic E-state index is 6.71. The fourth-order valence-corrected chi connectivity index (χ4v) is 9.94. The van der Waals surface area contributed by atoms with Gasteiger partial charge in [0.15, 0.2) is 5.82 Å². The Morgan fingerprint density at radius 1 is 0.776 bits per heavy atom. The molecule has 0 bridgehead atoms. The maximum Gasteiger partial charge on any atom is 0.161 e. The van der Waals surface area contributed by atoms with Gasteiger partial charge in [-0.25, -0.2) is 15.0 Å². The van der Waals surface area contributed by atoms with Gasteiger partial charge in [-0.1, -0.05) is 103 Å². The molecule has 10 atom stereocenters. The van der Waals surface area contributed by atoms with Crippen LogP contribution in [0.25, 0.3) is 5.57 Å². The van der Waals surface area contributed by atoms with E-state index in [0.29, 0.717) is 5.92 Å². The molecule has 6 heteroatoms. The number of hydrogen-bond acceptors (Lipinski definition) is 5. The predicted molar refractivity (Wildman–Crippen MR) is 193 cm³/mol. The lowest BCUT2D eigenvalue weighted by atomic mass is 9.67. The molecule has 0 N–H and O–H groups in total. The topological polar surface area (TPSA) is 57.1 Å². The highest BCUT2D eigenvalue weighted by Gasteiger charge is 2.46. The lowest BCUT2D eigenvalue weighted by Crippen LogP contribution is -2.30. The van der Waals surface area contributed by atoms with Gasteiger partial charge in [-0.2, -0.15) is 0 Å². The molecule has 10 unspecified atom stereocenters.